The van der Waals surface area contributed by atoms with Gasteiger partial charge in [0.1, 0.15) is 10.5 Å². The van der Waals surface area contributed by atoms with Crippen LogP contribution in [0.3, 0.4) is 0 Å². The Hall–Kier alpha value is -0.700. The van der Waals surface area contributed by atoms with Gasteiger partial charge in [-0.3, -0.25) is 0 Å². The lowest BCUT2D eigenvalue weighted by Gasteiger charge is -2.04. The first-order valence-corrected chi connectivity index (χ1v) is 5.12. The van der Waals surface area contributed by atoms with Crippen molar-refractivity contribution in [2.75, 3.05) is 0 Å². The minimum Gasteiger partial charge on any atom is -0.347 e. The molecule has 1 rings (SSSR count). The van der Waals surface area contributed by atoms with Gasteiger partial charge in [0.15, 0.2) is 0 Å². The summed E-state index contributed by atoms with van der Waals surface area (Å²) in [5.41, 5.74) is 2.24. The zero-order valence-electron chi connectivity index (χ0n) is 8.48. The maximum atomic E-state index is 5.15. The second-order valence-corrected chi connectivity index (χ2v) is 3.73. The molecule has 0 spiro atoms. The van der Waals surface area contributed by atoms with Gasteiger partial charge in [-0.1, -0.05) is 25.6 Å². The van der Waals surface area contributed by atoms with Gasteiger partial charge in [-0.05, 0) is 20.3 Å². The second kappa shape index (κ2) is 4.51. The molecule has 0 saturated heterocycles. The molecule has 2 nitrogen and oxygen atoms in total. The summed E-state index contributed by atoms with van der Waals surface area (Å²) in [5.74, 6) is 1.02. The monoisotopic (exact) mass is 196 g/mol. The van der Waals surface area contributed by atoms with Crippen LogP contribution in [0.2, 0.25) is 0 Å². The smallest absolute Gasteiger partial charge is 0.132 e. The third-order valence-corrected chi connectivity index (χ3v) is 2.62. The first-order valence-electron chi connectivity index (χ1n) is 4.71. The van der Waals surface area contributed by atoms with Crippen LogP contribution >= 0.6 is 12.2 Å². The second-order valence-electron chi connectivity index (χ2n) is 3.34. The highest BCUT2D eigenvalue weighted by Gasteiger charge is 1.99. The fourth-order valence-corrected chi connectivity index (χ4v) is 1.43. The Kier molecular flexibility index (Phi) is 3.60. The third kappa shape index (κ3) is 2.62. The molecule has 1 aromatic rings. The van der Waals surface area contributed by atoms with Crippen LogP contribution in [0.1, 0.15) is 36.8 Å². The molecule has 72 valence electrons. The zero-order valence-corrected chi connectivity index (χ0v) is 9.29. The number of rotatable bonds is 3. The van der Waals surface area contributed by atoms with E-state index in [0.29, 0.717) is 0 Å². The first kappa shape index (κ1) is 10.4. The predicted molar refractivity (Wildman–Crippen MR) is 57.5 cm³/mol. The molecule has 0 aromatic carbocycles. The highest BCUT2D eigenvalue weighted by molar-refractivity contribution is 7.71. The average Bonchev–Trinajstić information content (AvgIpc) is 2.10. The SMILES string of the molecule is CCCCc1nc(=S)c(C)c(C)[nH]1. The number of nitrogens with zero attached hydrogens (tertiary/aromatic N) is 1. The van der Waals surface area contributed by atoms with E-state index in [9.17, 15) is 0 Å². The van der Waals surface area contributed by atoms with E-state index in [0.717, 1.165) is 28.1 Å². The van der Waals surface area contributed by atoms with Gasteiger partial charge < -0.3 is 4.98 Å². The van der Waals surface area contributed by atoms with Crippen LogP contribution < -0.4 is 0 Å². The summed E-state index contributed by atoms with van der Waals surface area (Å²) < 4.78 is 0.738. The molecule has 0 aliphatic carbocycles. The molecule has 0 aliphatic rings. The minimum absolute atomic E-state index is 0.738. The van der Waals surface area contributed by atoms with Crippen LogP contribution in [-0.4, -0.2) is 9.97 Å². The summed E-state index contributed by atoms with van der Waals surface area (Å²) in [5, 5.41) is 0. The lowest BCUT2D eigenvalue weighted by Crippen LogP contribution is -2.00. The van der Waals surface area contributed by atoms with Gasteiger partial charge in [0.05, 0.1) is 0 Å². The molecule has 0 atom stereocenters. The van der Waals surface area contributed by atoms with Crippen LogP contribution in [0.15, 0.2) is 0 Å². The number of hydrogen-bond donors (Lipinski definition) is 1. The van der Waals surface area contributed by atoms with Crippen LogP contribution in [0.5, 0.6) is 0 Å². The van der Waals surface area contributed by atoms with Gasteiger partial charge in [-0.2, -0.15) is 0 Å². The zero-order chi connectivity index (χ0) is 9.84. The molecule has 3 heteroatoms. The van der Waals surface area contributed by atoms with Crippen molar-refractivity contribution in [1.29, 1.82) is 0 Å². The third-order valence-electron chi connectivity index (χ3n) is 2.22. The Morgan fingerprint density at radius 2 is 2.08 bits per heavy atom. The largest absolute Gasteiger partial charge is 0.347 e. The van der Waals surface area contributed by atoms with Crippen LogP contribution in [-0.2, 0) is 6.42 Å². The van der Waals surface area contributed by atoms with E-state index in [4.69, 9.17) is 12.2 Å². The summed E-state index contributed by atoms with van der Waals surface area (Å²) in [7, 11) is 0. The topological polar surface area (TPSA) is 28.7 Å². The normalized spacial score (nSPS) is 10.4. The van der Waals surface area contributed by atoms with Gasteiger partial charge in [-0.15, -0.1) is 0 Å². The van der Waals surface area contributed by atoms with Crippen molar-refractivity contribution >= 4 is 12.2 Å². The fraction of sp³-hybridized carbons (Fsp3) is 0.600. The molecular weight excluding hydrogens is 180 g/mol. The van der Waals surface area contributed by atoms with E-state index in [1.165, 1.54) is 12.8 Å². The van der Waals surface area contributed by atoms with E-state index in [1.807, 2.05) is 13.8 Å². The van der Waals surface area contributed by atoms with Gasteiger partial charge in [0.2, 0.25) is 0 Å². The van der Waals surface area contributed by atoms with E-state index in [2.05, 4.69) is 16.9 Å². The Balaban J connectivity index is 2.93. The van der Waals surface area contributed by atoms with Crippen molar-refractivity contribution < 1.29 is 0 Å². The minimum atomic E-state index is 0.738. The van der Waals surface area contributed by atoms with Crippen molar-refractivity contribution in [3.05, 3.63) is 21.7 Å². The average molecular weight is 196 g/mol. The van der Waals surface area contributed by atoms with E-state index >= 15 is 0 Å². The van der Waals surface area contributed by atoms with Crippen LogP contribution in [0.4, 0.5) is 0 Å². The summed E-state index contributed by atoms with van der Waals surface area (Å²) in [4.78, 5) is 7.60. The van der Waals surface area contributed by atoms with Crippen molar-refractivity contribution in [1.82, 2.24) is 9.97 Å². The standard InChI is InChI=1S/C10H16N2S/c1-4-5-6-9-11-8(3)7(2)10(13)12-9/h4-6H2,1-3H3,(H,11,12,13). The Morgan fingerprint density at radius 3 is 2.62 bits per heavy atom. The molecule has 0 bridgehead atoms. The van der Waals surface area contributed by atoms with Gasteiger partial charge in [-0.25, -0.2) is 4.98 Å². The van der Waals surface area contributed by atoms with Crippen molar-refractivity contribution in [2.45, 2.75) is 40.0 Å². The maximum absolute atomic E-state index is 5.15. The molecule has 0 saturated carbocycles. The maximum Gasteiger partial charge on any atom is 0.132 e. The van der Waals surface area contributed by atoms with E-state index < -0.39 is 0 Å². The summed E-state index contributed by atoms with van der Waals surface area (Å²) in [6, 6.07) is 0. The lowest BCUT2D eigenvalue weighted by atomic mass is 10.2. The number of aromatic nitrogens is 2. The number of H-pyrrole nitrogens is 1. The van der Waals surface area contributed by atoms with Crippen molar-refractivity contribution in [3.63, 3.8) is 0 Å². The molecule has 1 heterocycles. The summed E-state index contributed by atoms with van der Waals surface area (Å²) in [6.45, 7) is 6.22. The lowest BCUT2D eigenvalue weighted by molar-refractivity contribution is 0.744. The predicted octanol–water partition coefficient (Wildman–Crippen LogP) is 3.10. The molecule has 1 aromatic heterocycles. The summed E-state index contributed by atoms with van der Waals surface area (Å²) >= 11 is 5.15. The fourth-order valence-electron chi connectivity index (χ4n) is 1.17. The van der Waals surface area contributed by atoms with Crippen LogP contribution in [0, 0.1) is 18.5 Å². The molecular formula is C10H16N2S. The number of hydrogen-bond acceptors (Lipinski definition) is 2. The number of unbranched alkanes of at least 4 members (excludes halogenated alkanes) is 1. The number of aryl methyl sites for hydroxylation is 2. The van der Waals surface area contributed by atoms with Gasteiger partial charge >= 0.3 is 0 Å². The molecule has 0 amide bonds. The van der Waals surface area contributed by atoms with Gasteiger partial charge in [0.25, 0.3) is 0 Å². The molecule has 13 heavy (non-hydrogen) atoms. The Labute approximate surface area is 84.4 Å². The number of nitrogens with one attached hydrogen (secondary N) is 1. The molecule has 0 aliphatic heterocycles. The van der Waals surface area contributed by atoms with Crippen LogP contribution in [0.25, 0.3) is 0 Å². The summed E-state index contributed by atoms with van der Waals surface area (Å²) in [6.07, 6.45) is 3.36. The Bertz CT molecular complexity index is 341. The molecule has 0 radical (unpaired) electrons. The molecule has 0 fully saturated rings. The van der Waals surface area contributed by atoms with Crippen molar-refractivity contribution in [2.24, 2.45) is 0 Å². The van der Waals surface area contributed by atoms with E-state index in [-0.39, 0.29) is 0 Å². The van der Waals surface area contributed by atoms with Gasteiger partial charge in [0, 0.05) is 17.7 Å². The highest BCUT2D eigenvalue weighted by atomic mass is 32.1. The highest BCUT2D eigenvalue weighted by Crippen LogP contribution is 2.06. The van der Waals surface area contributed by atoms with E-state index in [1.54, 1.807) is 0 Å². The number of aromatic amines is 1. The quantitative estimate of drug-likeness (QED) is 0.752. The molecule has 0 unspecified atom stereocenters. The van der Waals surface area contributed by atoms with Crippen molar-refractivity contribution in [3.8, 4) is 0 Å². The molecule has 1 N–H and O–H groups in total. The Morgan fingerprint density at radius 1 is 1.38 bits per heavy atom. The first-order chi connectivity index (χ1) is 6.15.